The second kappa shape index (κ2) is 11.7. The van der Waals surface area contributed by atoms with Crippen molar-refractivity contribution >= 4 is 35.5 Å². The zero-order chi connectivity index (χ0) is 28.1. The summed E-state index contributed by atoms with van der Waals surface area (Å²) in [5.74, 6) is -1.69. The number of piperidine rings is 1. The first-order chi connectivity index (χ1) is 18.7. The van der Waals surface area contributed by atoms with Gasteiger partial charge in [0.2, 0.25) is 5.91 Å². The van der Waals surface area contributed by atoms with Gasteiger partial charge in [-0.1, -0.05) is 0 Å². The molecule has 2 aromatic carbocycles. The first-order valence-corrected chi connectivity index (χ1v) is 12.3. The van der Waals surface area contributed by atoms with Crippen LogP contribution in [0.3, 0.4) is 0 Å². The summed E-state index contributed by atoms with van der Waals surface area (Å²) in [7, 11) is 0. The van der Waals surface area contributed by atoms with Crippen LogP contribution in [0.15, 0.2) is 42.5 Å². The lowest BCUT2D eigenvalue weighted by Gasteiger charge is -2.32. The Morgan fingerprint density at radius 2 is 1.69 bits per heavy atom. The third-order valence-corrected chi connectivity index (χ3v) is 6.56. The van der Waals surface area contributed by atoms with Crippen LogP contribution in [-0.2, 0) is 9.53 Å². The predicted octanol–water partition coefficient (Wildman–Crippen LogP) is 2.39. The molecule has 1 saturated heterocycles. The highest BCUT2D eigenvalue weighted by atomic mass is 16.7. The van der Waals surface area contributed by atoms with Gasteiger partial charge < -0.3 is 19.7 Å². The van der Waals surface area contributed by atoms with Gasteiger partial charge in [-0.3, -0.25) is 34.2 Å². The number of fused-ring (bicyclic) bond motifs is 1. The topological polar surface area (TPSA) is 165 Å². The van der Waals surface area contributed by atoms with Crippen LogP contribution in [0.1, 0.15) is 50.8 Å². The Balaban J connectivity index is 1.23. The van der Waals surface area contributed by atoms with Crippen molar-refractivity contribution < 1.29 is 38.4 Å². The predicted molar refractivity (Wildman–Crippen MR) is 134 cm³/mol. The minimum absolute atomic E-state index is 0.0361. The fourth-order valence-corrected chi connectivity index (χ4v) is 4.41. The van der Waals surface area contributed by atoms with Gasteiger partial charge >= 0.3 is 6.16 Å². The summed E-state index contributed by atoms with van der Waals surface area (Å²) in [6.45, 7) is 2.60. The maximum absolute atomic E-state index is 12.8. The van der Waals surface area contributed by atoms with E-state index in [4.69, 9.17) is 9.47 Å². The van der Waals surface area contributed by atoms with Gasteiger partial charge in [-0.05, 0) is 56.0 Å². The van der Waals surface area contributed by atoms with E-state index in [0.29, 0.717) is 38.0 Å². The molecule has 2 aliphatic heterocycles. The van der Waals surface area contributed by atoms with Crippen LogP contribution in [0, 0.1) is 16.0 Å². The number of rotatable bonds is 8. The second-order valence-electron chi connectivity index (χ2n) is 9.03. The van der Waals surface area contributed by atoms with Gasteiger partial charge in [-0.15, -0.1) is 0 Å². The third kappa shape index (κ3) is 6.20. The quantitative estimate of drug-likeness (QED) is 0.175. The highest BCUT2D eigenvalue weighted by Gasteiger charge is 2.39. The number of carbonyl (C=O) groups excluding carboxylic acids is 5. The van der Waals surface area contributed by atoms with Crippen LogP contribution in [0.2, 0.25) is 0 Å². The molecule has 13 heteroatoms. The van der Waals surface area contributed by atoms with Crippen LogP contribution in [0.4, 0.5) is 10.5 Å². The van der Waals surface area contributed by atoms with E-state index in [2.05, 4.69) is 5.32 Å². The van der Waals surface area contributed by atoms with Crippen molar-refractivity contribution in [1.82, 2.24) is 15.1 Å². The highest BCUT2D eigenvalue weighted by Crippen LogP contribution is 2.27. The number of carbonyl (C=O) groups is 5. The largest absolute Gasteiger partial charge is 0.513 e. The number of nitrogens with zero attached hydrogens (tertiary/aromatic N) is 3. The van der Waals surface area contributed by atoms with Crippen molar-refractivity contribution in [2.45, 2.75) is 19.8 Å². The van der Waals surface area contributed by atoms with Crippen LogP contribution < -0.4 is 10.1 Å². The molecule has 0 aliphatic carbocycles. The number of amides is 4. The fourth-order valence-electron chi connectivity index (χ4n) is 4.41. The lowest BCUT2D eigenvalue weighted by molar-refractivity contribution is -0.384. The fraction of sp³-hybridized carbons (Fsp3) is 0.346. The third-order valence-electron chi connectivity index (χ3n) is 6.56. The van der Waals surface area contributed by atoms with Crippen molar-refractivity contribution in [1.29, 1.82) is 0 Å². The number of nitrogens with one attached hydrogen (secondary N) is 1. The molecular weight excluding hydrogens is 512 g/mol. The summed E-state index contributed by atoms with van der Waals surface area (Å²) in [4.78, 5) is 74.7. The van der Waals surface area contributed by atoms with E-state index in [1.165, 1.54) is 30.3 Å². The number of nitro benzene ring substituents is 1. The minimum atomic E-state index is -0.825. The maximum Gasteiger partial charge on any atom is 0.513 e. The van der Waals surface area contributed by atoms with E-state index in [9.17, 15) is 34.1 Å². The van der Waals surface area contributed by atoms with Gasteiger partial charge in [-0.2, -0.15) is 0 Å². The smallest absolute Gasteiger partial charge is 0.434 e. The molecule has 0 bridgehead atoms. The number of benzene rings is 2. The number of hydrogen-bond donors (Lipinski definition) is 1. The van der Waals surface area contributed by atoms with E-state index >= 15 is 0 Å². The summed E-state index contributed by atoms with van der Waals surface area (Å²) in [6, 6.07) is 9.46. The Hall–Kier alpha value is -4.81. The zero-order valence-electron chi connectivity index (χ0n) is 21.1. The van der Waals surface area contributed by atoms with Crippen molar-refractivity contribution in [3.05, 3.63) is 69.3 Å². The second-order valence-corrected chi connectivity index (χ2v) is 9.03. The number of imide groups is 1. The van der Waals surface area contributed by atoms with Crippen molar-refractivity contribution in [2.24, 2.45) is 5.92 Å². The molecular formula is C26H26N4O9. The molecule has 2 heterocycles. The van der Waals surface area contributed by atoms with E-state index in [-0.39, 0.29) is 41.0 Å². The average Bonchev–Trinajstić information content (AvgIpc) is 3.16. The van der Waals surface area contributed by atoms with Gasteiger partial charge in [0.25, 0.3) is 23.4 Å². The highest BCUT2D eigenvalue weighted by molar-refractivity contribution is 6.22. The van der Waals surface area contributed by atoms with E-state index in [0.717, 1.165) is 17.0 Å². The zero-order valence-corrected chi connectivity index (χ0v) is 21.1. The molecule has 0 atom stereocenters. The number of ether oxygens (including phenoxy) is 2. The number of nitro groups is 1. The molecule has 1 fully saturated rings. The molecule has 0 saturated carbocycles. The van der Waals surface area contributed by atoms with Crippen LogP contribution in [0.25, 0.3) is 0 Å². The molecule has 0 spiro atoms. The van der Waals surface area contributed by atoms with Gasteiger partial charge in [0, 0.05) is 37.3 Å². The lowest BCUT2D eigenvalue weighted by Crippen LogP contribution is -2.46. The lowest BCUT2D eigenvalue weighted by atomic mass is 9.96. The van der Waals surface area contributed by atoms with Gasteiger partial charge in [0.15, 0.2) is 0 Å². The minimum Gasteiger partial charge on any atom is -0.434 e. The molecule has 2 aliphatic rings. The first kappa shape index (κ1) is 27.2. The van der Waals surface area contributed by atoms with Crippen molar-refractivity contribution in [2.75, 3.05) is 32.8 Å². The van der Waals surface area contributed by atoms with E-state index < -0.39 is 35.3 Å². The SMILES string of the molecule is CCOC(=O)Oc1ccc(C(=O)NCC2CCN(C(=O)CN3C(=O)c4ccc([N+](=O)[O-])cc4C3=O)CC2)cc1. The normalized spacial score (nSPS) is 15.1. The van der Waals surface area contributed by atoms with E-state index in [1.54, 1.807) is 11.8 Å². The number of non-ortho nitro benzene ring substituents is 1. The molecule has 0 radical (unpaired) electrons. The standard InChI is InChI=1S/C26H26N4O9/c1-2-38-26(35)39-19-6-3-17(4-7-19)23(32)27-14-16-9-11-28(12-10-16)22(31)15-29-24(33)20-8-5-18(30(36)37)13-21(20)25(29)34/h3-8,13,16H,2,9-12,14-15H2,1H3,(H,27,32). The molecule has 204 valence electrons. The molecule has 0 aromatic heterocycles. The molecule has 4 amide bonds. The Bertz CT molecular complexity index is 1320. The number of likely N-dealkylation sites (tertiary alicyclic amines) is 1. The molecule has 0 unspecified atom stereocenters. The average molecular weight is 539 g/mol. The van der Waals surface area contributed by atoms with Gasteiger partial charge in [0.05, 0.1) is 22.7 Å². The van der Waals surface area contributed by atoms with E-state index in [1.807, 2.05) is 0 Å². The number of hydrogen-bond acceptors (Lipinski definition) is 9. The summed E-state index contributed by atoms with van der Waals surface area (Å²) in [6.07, 6.45) is 0.411. The molecule has 4 rings (SSSR count). The Labute approximate surface area is 222 Å². The van der Waals surface area contributed by atoms with Crippen LogP contribution >= 0.6 is 0 Å². The Morgan fingerprint density at radius 3 is 2.33 bits per heavy atom. The summed E-state index contributed by atoms with van der Waals surface area (Å²) in [5.41, 5.74) is 0.0361. The Kier molecular flexibility index (Phi) is 8.18. The van der Waals surface area contributed by atoms with Crippen molar-refractivity contribution in [3.63, 3.8) is 0 Å². The first-order valence-electron chi connectivity index (χ1n) is 12.3. The van der Waals surface area contributed by atoms with Crippen LogP contribution in [0.5, 0.6) is 5.75 Å². The summed E-state index contributed by atoms with van der Waals surface area (Å²) >= 11 is 0. The molecule has 1 N–H and O–H groups in total. The summed E-state index contributed by atoms with van der Waals surface area (Å²) in [5, 5.41) is 13.9. The molecule has 2 aromatic rings. The van der Waals surface area contributed by atoms with Gasteiger partial charge in [0.1, 0.15) is 12.3 Å². The molecule has 13 nitrogen and oxygen atoms in total. The summed E-state index contributed by atoms with van der Waals surface area (Å²) < 4.78 is 9.67. The van der Waals surface area contributed by atoms with Crippen LogP contribution in [-0.4, -0.2) is 77.3 Å². The molecule has 39 heavy (non-hydrogen) atoms. The monoisotopic (exact) mass is 538 g/mol. The van der Waals surface area contributed by atoms with Gasteiger partial charge in [-0.25, -0.2) is 4.79 Å². The Morgan fingerprint density at radius 1 is 1.03 bits per heavy atom. The van der Waals surface area contributed by atoms with Crippen molar-refractivity contribution in [3.8, 4) is 5.75 Å². The maximum atomic E-state index is 12.8.